The van der Waals surface area contributed by atoms with Crippen LogP contribution >= 0.6 is 0 Å². The van der Waals surface area contributed by atoms with Gasteiger partial charge in [-0.25, -0.2) is 0 Å². The highest BCUT2D eigenvalue weighted by atomic mass is 16.5. The van der Waals surface area contributed by atoms with Crippen molar-refractivity contribution in [3.63, 3.8) is 0 Å². The van der Waals surface area contributed by atoms with Gasteiger partial charge in [-0.05, 0) is 42.2 Å². The molecule has 29 heavy (non-hydrogen) atoms. The number of H-pyrrole nitrogens is 1. The van der Waals surface area contributed by atoms with Crippen molar-refractivity contribution in [1.82, 2.24) is 19.7 Å². The molecule has 4 aromatic rings. The van der Waals surface area contributed by atoms with E-state index in [1.165, 1.54) is 33.3 Å². The van der Waals surface area contributed by atoms with E-state index < -0.39 is 0 Å². The number of benzene rings is 2. The summed E-state index contributed by atoms with van der Waals surface area (Å²) in [5.74, 6) is 0.931. The van der Waals surface area contributed by atoms with Crippen LogP contribution in [0.2, 0.25) is 0 Å². The molecule has 0 saturated heterocycles. The largest absolute Gasteiger partial charge is 0.496 e. The van der Waals surface area contributed by atoms with E-state index in [2.05, 4.69) is 70.6 Å². The average Bonchev–Trinajstić information content (AvgIpc) is 3.30. The lowest BCUT2D eigenvalue weighted by Crippen LogP contribution is -2.35. The van der Waals surface area contributed by atoms with Crippen LogP contribution in [0.5, 0.6) is 5.75 Å². The quantitative estimate of drug-likeness (QED) is 0.567. The van der Waals surface area contributed by atoms with Crippen LogP contribution in [-0.4, -0.2) is 33.3 Å². The molecule has 2 aromatic carbocycles. The highest BCUT2D eigenvalue weighted by Gasteiger charge is 2.32. The summed E-state index contributed by atoms with van der Waals surface area (Å²) in [4.78, 5) is 6.29. The van der Waals surface area contributed by atoms with Crippen molar-refractivity contribution in [3.8, 4) is 5.75 Å². The predicted molar refractivity (Wildman–Crippen MR) is 115 cm³/mol. The van der Waals surface area contributed by atoms with Gasteiger partial charge < -0.3 is 9.72 Å². The molecule has 0 saturated carbocycles. The Morgan fingerprint density at radius 2 is 2.07 bits per heavy atom. The molecule has 0 aliphatic carbocycles. The first-order valence-electron chi connectivity index (χ1n) is 10.1. The van der Waals surface area contributed by atoms with Crippen LogP contribution in [0, 0.1) is 6.92 Å². The van der Waals surface area contributed by atoms with Gasteiger partial charge in [0, 0.05) is 48.5 Å². The van der Waals surface area contributed by atoms with Crippen molar-refractivity contribution >= 4 is 10.9 Å². The molecule has 148 valence electrons. The molecular formula is C24H26N4O. The highest BCUT2D eigenvalue weighted by Crippen LogP contribution is 2.40. The van der Waals surface area contributed by atoms with E-state index >= 15 is 0 Å². The van der Waals surface area contributed by atoms with Gasteiger partial charge in [0.1, 0.15) is 5.75 Å². The zero-order chi connectivity index (χ0) is 20.0. The maximum absolute atomic E-state index is 5.50. The third-order valence-corrected chi connectivity index (χ3v) is 6.01. The maximum atomic E-state index is 5.50. The van der Waals surface area contributed by atoms with Gasteiger partial charge in [-0.1, -0.05) is 30.3 Å². The van der Waals surface area contributed by atoms with Gasteiger partial charge in [0.05, 0.1) is 19.3 Å². The third kappa shape index (κ3) is 3.12. The Morgan fingerprint density at radius 3 is 2.83 bits per heavy atom. The number of rotatable bonds is 4. The molecule has 0 spiro atoms. The SMILES string of the molecule is COc1ccc(C2c3[nH]c4ccccc4c3CCN2Cc2cnn(C)c2)cc1C. The molecule has 0 radical (unpaired) electrons. The fraction of sp³-hybridized carbons (Fsp3) is 0.292. The van der Waals surface area contributed by atoms with Crippen LogP contribution in [0.4, 0.5) is 0 Å². The summed E-state index contributed by atoms with van der Waals surface area (Å²) in [6, 6.07) is 15.4. The molecule has 1 atom stereocenters. The lowest BCUT2D eigenvalue weighted by Gasteiger charge is -2.36. The van der Waals surface area contributed by atoms with Crippen molar-refractivity contribution in [2.45, 2.75) is 25.9 Å². The lowest BCUT2D eigenvalue weighted by molar-refractivity contribution is 0.202. The normalized spacial score (nSPS) is 16.9. The summed E-state index contributed by atoms with van der Waals surface area (Å²) in [7, 11) is 3.70. The Hall–Kier alpha value is -3.05. The Bertz CT molecular complexity index is 1170. The number of para-hydroxylation sites is 1. The molecule has 5 heteroatoms. The number of nitrogens with zero attached hydrogens (tertiary/aromatic N) is 3. The molecule has 0 fully saturated rings. The van der Waals surface area contributed by atoms with Gasteiger partial charge in [0.15, 0.2) is 0 Å². The molecule has 1 unspecified atom stereocenters. The van der Waals surface area contributed by atoms with Gasteiger partial charge in [-0.2, -0.15) is 5.10 Å². The lowest BCUT2D eigenvalue weighted by atomic mass is 9.91. The monoisotopic (exact) mass is 386 g/mol. The van der Waals surface area contributed by atoms with Crippen LogP contribution in [-0.2, 0) is 20.0 Å². The zero-order valence-corrected chi connectivity index (χ0v) is 17.1. The molecular weight excluding hydrogens is 360 g/mol. The maximum Gasteiger partial charge on any atom is 0.121 e. The number of hydrogen-bond donors (Lipinski definition) is 1. The zero-order valence-electron chi connectivity index (χ0n) is 17.1. The van der Waals surface area contributed by atoms with Crippen LogP contribution in [0.3, 0.4) is 0 Å². The van der Waals surface area contributed by atoms with E-state index in [0.717, 1.165) is 30.8 Å². The van der Waals surface area contributed by atoms with Crippen molar-refractivity contribution in [2.75, 3.05) is 13.7 Å². The third-order valence-electron chi connectivity index (χ3n) is 6.01. The molecule has 5 nitrogen and oxygen atoms in total. The fourth-order valence-electron chi connectivity index (χ4n) is 4.70. The Balaban J connectivity index is 1.63. The van der Waals surface area contributed by atoms with Gasteiger partial charge >= 0.3 is 0 Å². The minimum absolute atomic E-state index is 0.177. The van der Waals surface area contributed by atoms with E-state index in [9.17, 15) is 0 Å². The molecule has 3 heterocycles. The average molecular weight is 386 g/mol. The summed E-state index contributed by atoms with van der Waals surface area (Å²) in [6.07, 6.45) is 5.12. The Kier molecular flexibility index (Phi) is 4.40. The first-order valence-corrected chi connectivity index (χ1v) is 10.1. The van der Waals surface area contributed by atoms with E-state index in [-0.39, 0.29) is 6.04 Å². The smallest absolute Gasteiger partial charge is 0.121 e. The second kappa shape index (κ2) is 7.08. The van der Waals surface area contributed by atoms with E-state index in [4.69, 9.17) is 4.74 Å². The second-order valence-corrected chi connectivity index (χ2v) is 7.94. The number of ether oxygens (including phenoxy) is 1. The highest BCUT2D eigenvalue weighted by molar-refractivity contribution is 5.85. The fourth-order valence-corrected chi connectivity index (χ4v) is 4.70. The summed E-state index contributed by atoms with van der Waals surface area (Å²) in [5, 5.41) is 5.71. The van der Waals surface area contributed by atoms with Crippen molar-refractivity contribution < 1.29 is 4.74 Å². The molecule has 5 rings (SSSR count). The number of aryl methyl sites for hydroxylation is 2. The summed E-state index contributed by atoms with van der Waals surface area (Å²) in [5.41, 5.74) is 7.67. The summed E-state index contributed by atoms with van der Waals surface area (Å²) < 4.78 is 7.37. The Morgan fingerprint density at radius 1 is 1.21 bits per heavy atom. The standard InChI is InChI=1S/C24H26N4O/c1-16-12-18(8-9-22(16)29-3)24-23-20(19-6-4-5-7-21(19)26-23)10-11-28(24)15-17-13-25-27(2)14-17/h4-9,12-14,24,26H,10-11,15H2,1-3H3. The Labute approximate surface area is 170 Å². The molecule has 1 aliphatic heterocycles. The summed E-state index contributed by atoms with van der Waals surface area (Å²) >= 11 is 0. The number of fused-ring (bicyclic) bond motifs is 3. The number of methoxy groups -OCH3 is 1. The number of hydrogen-bond acceptors (Lipinski definition) is 3. The van der Waals surface area contributed by atoms with Gasteiger partial charge in [-0.3, -0.25) is 9.58 Å². The minimum atomic E-state index is 0.177. The van der Waals surface area contributed by atoms with Gasteiger partial charge in [-0.15, -0.1) is 0 Å². The van der Waals surface area contributed by atoms with E-state index in [1.54, 1.807) is 7.11 Å². The number of aromatic amines is 1. The van der Waals surface area contributed by atoms with Crippen LogP contribution in [0.15, 0.2) is 54.9 Å². The number of aromatic nitrogens is 3. The van der Waals surface area contributed by atoms with Crippen molar-refractivity contribution in [2.24, 2.45) is 7.05 Å². The molecule has 0 amide bonds. The topological polar surface area (TPSA) is 46.1 Å². The number of nitrogens with one attached hydrogen (secondary N) is 1. The first-order chi connectivity index (χ1) is 14.1. The van der Waals surface area contributed by atoms with Gasteiger partial charge in [0.2, 0.25) is 0 Å². The molecule has 0 bridgehead atoms. The van der Waals surface area contributed by atoms with Crippen LogP contribution in [0.1, 0.15) is 34.0 Å². The van der Waals surface area contributed by atoms with E-state index in [1.807, 2.05) is 17.9 Å². The first kappa shape index (κ1) is 18.0. The summed E-state index contributed by atoms with van der Waals surface area (Å²) in [6.45, 7) is 4.00. The predicted octanol–water partition coefficient (Wildman–Crippen LogP) is 4.37. The van der Waals surface area contributed by atoms with Crippen molar-refractivity contribution in [3.05, 3.63) is 82.8 Å². The second-order valence-electron chi connectivity index (χ2n) is 7.94. The molecule has 1 N–H and O–H groups in total. The minimum Gasteiger partial charge on any atom is -0.496 e. The molecule has 1 aliphatic rings. The van der Waals surface area contributed by atoms with E-state index in [0.29, 0.717) is 0 Å². The van der Waals surface area contributed by atoms with Crippen molar-refractivity contribution in [1.29, 1.82) is 0 Å². The van der Waals surface area contributed by atoms with Crippen LogP contribution < -0.4 is 4.74 Å². The van der Waals surface area contributed by atoms with Gasteiger partial charge in [0.25, 0.3) is 0 Å². The van der Waals surface area contributed by atoms with Crippen LogP contribution in [0.25, 0.3) is 10.9 Å². The molecule has 2 aromatic heterocycles.